The highest BCUT2D eigenvalue weighted by Crippen LogP contribution is 2.47. The van der Waals surface area contributed by atoms with E-state index in [1.807, 2.05) is 12.1 Å². The first kappa shape index (κ1) is 56.9. The number of carbonyl (C=O) groups is 2. The molecule has 0 saturated heterocycles. The number of ether oxygens (including phenoxy) is 6. The van der Waals surface area contributed by atoms with Crippen molar-refractivity contribution in [3.8, 4) is 46.3 Å². The summed E-state index contributed by atoms with van der Waals surface area (Å²) >= 11 is 14.0. The Hall–Kier alpha value is -7.28. The Morgan fingerprint density at radius 1 is 0.641 bits per heavy atom. The number of nitrogens with one attached hydrogen (secondary N) is 2. The molecule has 0 radical (unpaired) electrons. The van der Waals surface area contributed by atoms with E-state index < -0.39 is 36.2 Å². The standard InChI is InChI=1S/C60H62Cl2N6O10/c1-35(2)75-57(71)59(5,33-69)67-29-41-19-49(61)55(21-53(41)73-31-39-17-37(23-63)25-65-27-39)77-51-15-13-45-43(9-7-11-47(45)51)44-10-8-12-48-46(44)14-16-52(48)78-56-22-54(74-32-40-18-38(24-64)26-66-28-40)42(20-50(56)62)30-68-60(6,34-70)58(72)76-36(3)4/h7-12,17-22,25-28,35-36,51-52,67-70H,13-16,29-34H2,1-6H3/t51-,52-,59-,60-/m0/s1. The Bertz CT molecular complexity index is 3050. The number of nitrogens with zero attached hydrogens (tertiary/aromatic N) is 4. The molecule has 0 aliphatic heterocycles. The first-order chi connectivity index (χ1) is 37.4. The minimum absolute atomic E-state index is 0.0716. The quantitative estimate of drug-likeness (QED) is 0.0438. The van der Waals surface area contributed by atoms with Crippen LogP contribution in [0.2, 0.25) is 10.0 Å². The van der Waals surface area contributed by atoms with Gasteiger partial charge < -0.3 is 38.6 Å². The third kappa shape index (κ3) is 13.2. The van der Waals surface area contributed by atoms with E-state index in [2.05, 4.69) is 57.0 Å². The van der Waals surface area contributed by atoms with Crippen LogP contribution in [0.5, 0.6) is 23.0 Å². The van der Waals surface area contributed by atoms with Crippen molar-refractivity contribution in [3.05, 3.63) is 163 Å². The summed E-state index contributed by atoms with van der Waals surface area (Å²) in [5, 5.41) is 46.5. The minimum Gasteiger partial charge on any atom is -0.488 e. The number of nitriles is 2. The highest BCUT2D eigenvalue weighted by atomic mass is 35.5. The fourth-order valence-electron chi connectivity index (χ4n) is 9.40. The van der Waals surface area contributed by atoms with Gasteiger partial charge in [-0.2, -0.15) is 10.5 Å². The zero-order valence-corrected chi connectivity index (χ0v) is 45.8. The second-order valence-electron chi connectivity index (χ2n) is 20.4. The van der Waals surface area contributed by atoms with Crippen molar-refractivity contribution in [2.24, 2.45) is 0 Å². The van der Waals surface area contributed by atoms with E-state index in [4.69, 9.17) is 51.6 Å². The van der Waals surface area contributed by atoms with E-state index >= 15 is 0 Å². The van der Waals surface area contributed by atoms with Gasteiger partial charge in [-0.1, -0.05) is 59.6 Å². The van der Waals surface area contributed by atoms with Crippen LogP contribution in [0.4, 0.5) is 0 Å². The Kier molecular flexibility index (Phi) is 18.3. The van der Waals surface area contributed by atoms with E-state index in [1.54, 1.807) is 90.3 Å². The summed E-state index contributed by atoms with van der Waals surface area (Å²) in [6.45, 7) is 9.34. The van der Waals surface area contributed by atoms with Crippen LogP contribution < -0.4 is 29.6 Å². The van der Waals surface area contributed by atoms with E-state index in [1.165, 1.54) is 12.4 Å². The van der Waals surface area contributed by atoms with Gasteiger partial charge in [-0.3, -0.25) is 20.6 Å². The first-order valence-electron chi connectivity index (χ1n) is 25.7. The van der Waals surface area contributed by atoms with Crippen LogP contribution in [0, 0.1) is 22.7 Å². The number of aliphatic hydroxyl groups excluding tert-OH is 2. The van der Waals surface area contributed by atoms with Crippen molar-refractivity contribution < 1.29 is 48.2 Å². The summed E-state index contributed by atoms with van der Waals surface area (Å²) in [4.78, 5) is 34.4. The van der Waals surface area contributed by atoms with Crippen LogP contribution in [0.15, 0.2) is 97.6 Å². The molecule has 2 aromatic heterocycles. The number of carbonyl (C=O) groups excluding carboxylic acids is 2. The number of aromatic nitrogens is 2. The monoisotopic (exact) mass is 1100 g/mol. The van der Waals surface area contributed by atoms with Crippen LogP contribution in [0.3, 0.4) is 0 Å². The fraction of sp³-hybridized carbons (Fsp3) is 0.367. The normalized spacial score (nSPS) is 16.0. The molecule has 0 unspecified atom stereocenters. The van der Waals surface area contributed by atoms with Crippen LogP contribution in [0.1, 0.15) is 122 Å². The fourth-order valence-corrected chi connectivity index (χ4v) is 9.86. The molecule has 4 atom stereocenters. The lowest BCUT2D eigenvalue weighted by atomic mass is 9.91. The van der Waals surface area contributed by atoms with Gasteiger partial charge in [0.05, 0.1) is 46.6 Å². The maximum Gasteiger partial charge on any atom is 0.328 e. The Balaban J connectivity index is 1.04. The zero-order chi connectivity index (χ0) is 55.7. The number of pyridine rings is 2. The lowest BCUT2D eigenvalue weighted by Crippen LogP contribution is -2.53. The molecule has 8 rings (SSSR count). The number of hydrogen-bond donors (Lipinski definition) is 4. The molecule has 406 valence electrons. The zero-order valence-electron chi connectivity index (χ0n) is 44.3. The second-order valence-corrected chi connectivity index (χ2v) is 21.2. The largest absolute Gasteiger partial charge is 0.488 e. The van der Waals surface area contributed by atoms with Crippen molar-refractivity contribution in [1.82, 2.24) is 20.6 Å². The van der Waals surface area contributed by atoms with Crippen molar-refractivity contribution in [2.45, 2.75) is 129 Å². The summed E-state index contributed by atoms with van der Waals surface area (Å²) in [7, 11) is 0. The molecule has 18 heteroatoms. The molecule has 16 nitrogen and oxygen atoms in total. The van der Waals surface area contributed by atoms with E-state index in [0.717, 1.165) is 46.2 Å². The topological polar surface area (TPSA) is 227 Å². The summed E-state index contributed by atoms with van der Waals surface area (Å²) in [5.41, 5.74) is 7.03. The molecular formula is C60H62Cl2N6O10. The van der Waals surface area contributed by atoms with Gasteiger partial charge in [0.2, 0.25) is 0 Å². The van der Waals surface area contributed by atoms with Crippen molar-refractivity contribution >= 4 is 35.1 Å². The van der Waals surface area contributed by atoms with Crippen LogP contribution in [0.25, 0.3) is 11.1 Å². The molecule has 2 aliphatic carbocycles. The highest BCUT2D eigenvalue weighted by molar-refractivity contribution is 6.32. The maximum atomic E-state index is 13.0. The number of halogens is 2. The summed E-state index contributed by atoms with van der Waals surface area (Å²) in [5.74, 6) is 0.398. The molecular weight excluding hydrogens is 1040 g/mol. The van der Waals surface area contributed by atoms with Gasteiger partial charge in [0.1, 0.15) is 71.6 Å². The smallest absolute Gasteiger partial charge is 0.328 e. The molecule has 0 fully saturated rings. The summed E-state index contributed by atoms with van der Waals surface area (Å²) in [6, 6.07) is 27.0. The van der Waals surface area contributed by atoms with E-state index in [-0.39, 0.29) is 50.7 Å². The molecule has 2 heterocycles. The average molecular weight is 1100 g/mol. The van der Waals surface area contributed by atoms with Gasteiger partial charge in [-0.15, -0.1) is 0 Å². The Labute approximate surface area is 464 Å². The second kappa shape index (κ2) is 25.0. The Morgan fingerprint density at radius 2 is 1.05 bits per heavy atom. The summed E-state index contributed by atoms with van der Waals surface area (Å²) in [6.07, 6.45) is 7.54. The lowest BCUT2D eigenvalue weighted by molar-refractivity contribution is -0.157. The SMILES string of the molecule is CC(C)OC(=O)[C@](C)(CO)NCc1cc(Cl)c(O[C@H]2CCc3c(-c4cccc5c4CC[C@@H]5Oc4cc(OCc5cncc(C#N)c5)c(CN[C@@](C)(CO)C(=O)OC(C)C)cc4Cl)cccc32)cc1OCc1cncc(C#N)c1. The summed E-state index contributed by atoms with van der Waals surface area (Å²) < 4.78 is 37.2. The number of rotatable bonds is 23. The molecule has 2 aliphatic rings. The number of aliphatic hydroxyl groups is 2. The number of esters is 2. The predicted molar refractivity (Wildman–Crippen MR) is 292 cm³/mol. The molecule has 0 spiro atoms. The lowest BCUT2D eigenvalue weighted by Gasteiger charge is -2.28. The van der Waals surface area contributed by atoms with Crippen molar-refractivity contribution in [3.63, 3.8) is 0 Å². The van der Waals surface area contributed by atoms with Crippen LogP contribution in [-0.2, 0) is 58.2 Å². The van der Waals surface area contributed by atoms with E-state index in [0.29, 0.717) is 79.3 Å². The average Bonchev–Trinajstić information content (AvgIpc) is 4.16. The molecule has 6 aromatic rings. The minimum atomic E-state index is -1.42. The molecule has 4 aromatic carbocycles. The number of fused-ring (bicyclic) bond motifs is 2. The molecule has 78 heavy (non-hydrogen) atoms. The molecule has 0 saturated carbocycles. The number of hydrogen-bond acceptors (Lipinski definition) is 16. The van der Waals surface area contributed by atoms with Gasteiger partial charge in [0, 0.05) is 72.3 Å². The molecule has 4 N–H and O–H groups in total. The first-order valence-corrected chi connectivity index (χ1v) is 26.5. The highest BCUT2D eigenvalue weighted by Gasteiger charge is 2.37. The maximum absolute atomic E-state index is 13.0. The third-order valence-corrected chi connectivity index (χ3v) is 14.3. The Morgan fingerprint density at radius 3 is 1.42 bits per heavy atom. The van der Waals surface area contributed by atoms with Gasteiger partial charge in [0.15, 0.2) is 0 Å². The predicted octanol–water partition coefficient (Wildman–Crippen LogP) is 10.1. The third-order valence-electron chi connectivity index (χ3n) is 13.7. The molecule has 0 amide bonds. The van der Waals surface area contributed by atoms with Crippen LogP contribution in [-0.4, -0.2) is 68.6 Å². The van der Waals surface area contributed by atoms with Gasteiger partial charge in [-0.25, -0.2) is 9.59 Å². The van der Waals surface area contributed by atoms with Crippen LogP contribution >= 0.6 is 23.2 Å². The number of benzene rings is 4. The van der Waals surface area contributed by atoms with Crippen molar-refractivity contribution in [1.29, 1.82) is 10.5 Å². The van der Waals surface area contributed by atoms with Gasteiger partial charge in [-0.05, 0) is 125 Å². The van der Waals surface area contributed by atoms with E-state index in [9.17, 15) is 30.3 Å². The molecule has 0 bridgehead atoms. The van der Waals surface area contributed by atoms with Gasteiger partial charge in [0.25, 0.3) is 0 Å². The van der Waals surface area contributed by atoms with Crippen molar-refractivity contribution in [2.75, 3.05) is 13.2 Å². The van der Waals surface area contributed by atoms with Gasteiger partial charge >= 0.3 is 11.9 Å².